The summed E-state index contributed by atoms with van der Waals surface area (Å²) in [6, 6.07) is 7.44. The van der Waals surface area contributed by atoms with Crippen LogP contribution in [0.5, 0.6) is 0 Å². The van der Waals surface area contributed by atoms with Gasteiger partial charge in [0.1, 0.15) is 0 Å². The molecule has 10 atom stereocenters. The third-order valence-electron chi connectivity index (χ3n) is 10.5. The number of benzene rings is 1. The molecule has 1 heterocycles. The summed E-state index contributed by atoms with van der Waals surface area (Å²) in [6.07, 6.45) is -8.42. The fourth-order valence-corrected chi connectivity index (χ4v) is 8.50. The van der Waals surface area contributed by atoms with Crippen molar-refractivity contribution in [3.63, 3.8) is 0 Å². The second-order valence-corrected chi connectivity index (χ2v) is 15.7. The SMILES string of the molecule is CC(=O)O[C@H]1[C@@H](OC(C)=O)C(C)(C)/C=C/[C@H](C)C(=O)[C@@]2(OC(C)=O)C[C@@](C)(OC(C)=O)[C@H](OC(C)=O)[C@@H]2[C@H]2OC(=O)CC[C@@]2(OC(=O)c2ccccc2)[C@@H]1OC(C)=O. The minimum absolute atomic E-state index is 0.0623. The predicted molar refractivity (Wildman–Crippen MR) is 196 cm³/mol. The van der Waals surface area contributed by atoms with Crippen molar-refractivity contribution < 1.29 is 81.0 Å². The number of ketones is 1. The highest BCUT2D eigenvalue weighted by molar-refractivity contribution is 5.94. The van der Waals surface area contributed by atoms with Gasteiger partial charge in [0, 0.05) is 72.1 Å². The van der Waals surface area contributed by atoms with Crippen molar-refractivity contribution >= 4 is 53.5 Å². The Hall–Kier alpha value is -5.61. The first-order valence-electron chi connectivity index (χ1n) is 18.7. The van der Waals surface area contributed by atoms with E-state index in [-0.39, 0.29) is 5.56 Å². The lowest BCUT2D eigenvalue weighted by Crippen LogP contribution is -2.72. The summed E-state index contributed by atoms with van der Waals surface area (Å²) in [6.45, 7) is 12.1. The number of fused-ring (bicyclic) bond motifs is 3. The lowest BCUT2D eigenvalue weighted by molar-refractivity contribution is -0.264. The van der Waals surface area contributed by atoms with E-state index in [1.165, 1.54) is 50.3 Å². The molecular weight excluding hydrogens is 764 g/mol. The minimum atomic E-state index is -2.58. The first kappa shape index (κ1) is 45.1. The molecule has 17 nitrogen and oxygen atoms in total. The van der Waals surface area contributed by atoms with Gasteiger partial charge < -0.3 is 37.9 Å². The molecule has 316 valence electrons. The van der Waals surface area contributed by atoms with Gasteiger partial charge in [0.05, 0.1) is 11.5 Å². The molecule has 1 aromatic rings. The molecule has 58 heavy (non-hydrogen) atoms. The fourth-order valence-electron chi connectivity index (χ4n) is 8.50. The van der Waals surface area contributed by atoms with Gasteiger partial charge >= 0.3 is 47.8 Å². The highest BCUT2D eigenvalue weighted by Crippen LogP contribution is 2.57. The zero-order valence-corrected chi connectivity index (χ0v) is 34.1. The maximum absolute atomic E-state index is 15.3. The van der Waals surface area contributed by atoms with Crippen LogP contribution in [-0.2, 0) is 76.3 Å². The Balaban J connectivity index is 2.32. The van der Waals surface area contributed by atoms with E-state index in [2.05, 4.69) is 0 Å². The molecule has 1 saturated carbocycles. The van der Waals surface area contributed by atoms with Gasteiger partial charge in [-0.2, -0.15) is 0 Å². The van der Waals surface area contributed by atoms with E-state index >= 15 is 4.79 Å². The number of carbonyl (C=O) groups is 9. The third kappa shape index (κ3) is 9.23. The first-order valence-corrected chi connectivity index (χ1v) is 18.7. The summed E-state index contributed by atoms with van der Waals surface area (Å²) in [5.41, 5.74) is -8.61. The monoisotopic (exact) mass is 814 g/mol. The predicted octanol–water partition coefficient (Wildman–Crippen LogP) is 3.46. The van der Waals surface area contributed by atoms with Crippen molar-refractivity contribution in [2.75, 3.05) is 0 Å². The Morgan fingerprint density at radius 1 is 0.672 bits per heavy atom. The Bertz CT molecular complexity index is 1870. The van der Waals surface area contributed by atoms with Crippen LogP contribution in [-0.4, -0.2) is 101 Å². The molecule has 0 unspecified atom stereocenters. The van der Waals surface area contributed by atoms with Crippen molar-refractivity contribution in [1.29, 1.82) is 0 Å². The number of esters is 8. The van der Waals surface area contributed by atoms with E-state index in [9.17, 15) is 38.4 Å². The van der Waals surface area contributed by atoms with E-state index in [1.54, 1.807) is 19.9 Å². The fraction of sp³-hybridized carbons (Fsp3) is 0.585. The summed E-state index contributed by atoms with van der Waals surface area (Å²) < 4.78 is 48.1. The van der Waals surface area contributed by atoms with Crippen LogP contribution in [0.4, 0.5) is 0 Å². The molecule has 0 radical (unpaired) electrons. The summed E-state index contributed by atoms with van der Waals surface area (Å²) in [5.74, 6) is -11.9. The Labute approximate surface area is 335 Å². The van der Waals surface area contributed by atoms with Crippen LogP contribution in [0.3, 0.4) is 0 Å². The van der Waals surface area contributed by atoms with Crippen LogP contribution >= 0.6 is 0 Å². The van der Waals surface area contributed by atoms with E-state index in [4.69, 9.17) is 37.9 Å². The van der Waals surface area contributed by atoms with Crippen LogP contribution in [0.2, 0.25) is 0 Å². The summed E-state index contributed by atoms with van der Waals surface area (Å²) in [7, 11) is 0. The normalized spacial score (nSPS) is 33.4. The molecule has 1 aromatic carbocycles. The first-order chi connectivity index (χ1) is 26.9. The van der Waals surface area contributed by atoms with Crippen molar-refractivity contribution in [3.05, 3.63) is 48.0 Å². The standard InChI is InChI=1S/C41H50O17/c1-21-16-18-38(8,9)35(53-24(4)44)31(51-22(2)42)36(54-25(5)45)40(58-37(50)28-14-12-11-13-15-28)19-17-29(48)55-34(40)30-33(52-23(3)43)39(10,56-26(6)46)20-41(30,32(21)49)57-27(7)47/h11-16,18,21,30-31,33-36H,17,19-20H2,1-10H3/b18-16+/t21-,30+,31-,33+,34+,35+,36+,39+,40-,41+/m0/s1. The van der Waals surface area contributed by atoms with Crippen LogP contribution in [0.25, 0.3) is 0 Å². The van der Waals surface area contributed by atoms with Crippen LogP contribution in [0.1, 0.15) is 98.9 Å². The minimum Gasteiger partial charge on any atom is -0.458 e. The van der Waals surface area contributed by atoms with Crippen LogP contribution in [0, 0.1) is 17.3 Å². The number of Topliss-reactive ketones (excluding diaryl/α,β-unsaturated/α-hetero) is 1. The van der Waals surface area contributed by atoms with Gasteiger partial charge in [0.2, 0.25) is 0 Å². The molecule has 17 heteroatoms. The molecule has 3 aliphatic rings. The van der Waals surface area contributed by atoms with E-state index < -0.39 is 137 Å². The number of allylic oxidation sites excluding steroid dienone is 1. The maximum atomic E-state index is 15.3. The highest BCUT2D eigenvalue weighted by atomic mass is 16.7. The van der Waals surface area contributed by atoms with Gasteiger partial charge in [-0.25, -0.2) is 4.79 Å². The average molecular weight is 815 g/mol. The zero-order valence-electron chi connectivity index (χ0n) is 34.1. The quantitative estimate of drug-likeness (QED) is 0.208. The Morgan fingerprint density at radius 2 is 1.21 bits per heavy atom. The van der Waals surface area contributed by atoms with Gasteiger partial charge in [-0.3, -0.25) is 38.4 Å². The van der Waals surface area contributed by atoms with Gasteiger partial charge in [-0.1, -0.05) is 51.1 Å². The molecule has 0 spiro atoms. The summed E-state index contributed by atoms with van der Waals surface area (Å²) in [5, 5.41) is 0. The summed E-state index contributed by atoms with van der Waals surface area (Å²) in [4.78, 5) is 122. The second kappa shape index (κ2) is 17.1. The topological polar surface area (TPSA) is 227 Å². The Kier molecular flexibility index (Phi) is 13.3. The molecule has 4 rings (SSSR count). The highest BCUT2D eigenvalue weighted by Gasteiger charge is 2.76. The molecule has 0 N–H and O–H groups in total. The number of carbonyl (C=O) groups excluding carboxylic acids is 9. The van der Waals surface area contributed by atoms with E-state index in [0.717, 1.165) is 41.5 Å². The number of rotatable bonds is 8. The molecule has 1 aliphatic heterocycles. The lowest BCUT2D eigenvalue weighted by Gasteiger charge is -2.53. The van der Waals surface area contributed by atoms with E-state index in [0.29, 0.717) is 0 Å². The molecule has 0 aromatic heterocycles. The van der Waals surface area contributed by atoms with Gasteiger partial charge in [-0.15, -0.1) is 0 Å². The number of ether oxygens (including phenoxy) is 8. The second-order valence-electron chi connectivity index (χ2n) is 15.7. The van der Waals surface area contributed by atoms with Gasteiger partial charge in [0.25, 0.3) is 0 Å². The molecule has 0 bridgehead atoms. The smallest absolute Gasteiger partial charge is 0.338 e. The van der Waals surface area contributed by atoms with Gasteiger partial charge in [0.15, 0.2) is 53.1 Å². The van der Waals surface area contributed by atoms with Gasteiger partial charge in [-0.05, 0) is 19.1 Å². The van der Waals surface area contributed by atoms with Crippen LogP contribution in [0.15, 0.2) is 42.5 Å². The molecule has 2 fully saturated rings. The largest absolute Gasteiger partial charge is 0.458 e. The molecule has 0 amide bonds. The average Bonchev–Trinajstić information content (AvgIpc) is 3.33. The van der Waals surface area contributed by atoms with E-state index in [1.807, 2.05) is 0 Å². The maximum Gasteiger partial charge on any atom is 0.338 e. The lowest BCUT2D eigenvalue weighted by atomic mass is 9.66. The zero-order chi connectivity index (χ0) is 43.5. The molecule has 1 saturated heterocycles. The van der Waals surface area contributed by atoms with Crippen molar-refractivity contribution in [2.24, 2.45) is 17.3 Å². The summed E-state index contributed by atoms with van der Waals surface area (Å²) >= 11 is 0. The van der Waals surface area contributed by atoms with Crippen molar-refractivity contribution in [3.8, 4) is 0 Å². The number of hydrogen-bond acceptors (Lipinski definition) is 17. The molecule has 2 aliphatic carbocycles. The Morgan fingerprint density at radius 3 is 1.74 bits per heavy atom. The molecular formula is C41H50O17. The van der Waals surface area contributed by atoms with Crippen LogP contribution < -0.4 is 0 Å². The number of hydrogen-bond donors (Lipinski definition) is 0. The van der Waals surface area contributed by atoms with Crippen molar-refractivity contribution in [2.45, 2.75) is 136 Å². The third-order valence-corrected chi connectivity index (χ3v) is 10.5. The van der Waals surface area contributed by atoms with Crippen molar-refractivity contribution in [1.82, 2.24) is 0 Å².